The van der Waals surface area contributed by atoms with Gasteiger partial charge in [-0.05, 0) is 25.2 Å². The van der Waals surface area contributed by atoms with Crippen LogP contribution in [0.5, 0.6) is 0 Å². The number of hydrogen-bond acceptors (Lipinski definition) is 3. The van der Waals surface area contributed by atoms with Gasteiger partial charge in [-0.15, -0.1) is 0 Å². The molecule has 1 saturated carbocycles. The zero-order valence-corrected chi connectivity index (χ0v) is 13.2. The van der Waals surface area contributed by atoms with Crippen molar-refractivity contribution in [3.05, 3.63) is 0 Å². The Labute approximate surface area is 117 Å². The average molecular weight is 289 g/mol. The van der Waals surface area contributed by atoms with Crippen molar-refractivity contribution in [1.82, 2.24) is 4.90 Å². The van der Waals surface area contributed by atoms with Crippen molar-refractivity contribution in [3.8, 4) is 0 Å². The van der Waals surface area contributed by atoms with Crippen molar-refractivity contribution >= 4 is 15.7 Å². The molecule has 1 aliphatic rings. The molecule has 1 rings (SSSR count). The molecule has 0 bridgehead atoms. The highest BCUT2D eigenvalue weighted by Gasteiger charge is 2.29. The first-order chi connectivity index (χ1) is 8.83. The van der Waals surface area contributed by atoms with Gasteiger partial charge < -0.3 is 4.90 Å². The van der Waals surface area contributed by atoms with Crippen LogP contribution in [0.3, 0.4) is 0 Å². The molecule has 0 aromatic rings. The van der Waals surface area contributed by atoms with E-state index in [0.29, 0.717) is 12.5 Å². The van der Waals surface area contributed by atoms with E-state index in [-0.39, 0.29) is 23.3 Å². The van der Waals surface area contributed by atoms with Crippen LogP contribution < -0.4 is 0 Å². The van der Waals surface area contributed by atoms with Crippen molar-refractivity contribution in [2.24, 2.45) is 5.92 Å². The topological polar surface area (TPSA) is 54.5 Å². The fraction of sp³-hybridized carbons (Fsp3) is 0.929. The van der Waals surface area contributed by atoms with Crippen molar-refractivity contribution in [3.63, 3.8) is 0 Å². The van der Waals surface area contributed by atoms with E-state index in [1.807, 2.05) is 0 Å². The summed E-state index contributed by atoms with van der Waals surface area (Å²) >= 11 is 0. The SMILES string of the molecule is CC(C)CCN(C)C(=O)CCS(=O)(=O)C1CCCC1. The lowest BCUT2D eigenvalue weighted by Gasteiger charge is -2.19. The summed E-state index contributed by atoms with van der Waals surface area (Å²) < 4.78 is 24.1. The molecule has 0 unspecified atom stereocenters. The van der Waals surface area contributed by atoms with Gasteiger partial charge in [-0.1, -0.05) is 26.7 Å². The minimum absolute atomic E-state index is 0.0164. The third kappa shape index (κ3) is 5.51. The summed E-state index contributed by atoms with van der Waals surface area (Å²) in [5, 5.41) is -0.193. The second-order valence-corrected chi connectivity index (χ2v) is 8.42. The van der Waals surface area contributed by atoms with E-state index >= 15 is 0 Å². The van der Waals surface area contributed by atoms with Gasteiger partial charge >= 0.3 is 0 Å². The fourth-order valence-electron chi connectivity index (χ4n) is 2.41. The summed E-state index contributed by atoms with van der Waals surface area (Å²) in [6, 6.07) is 0. The molecule has 0 aromatic heterocycles. The van der Waals surface area contributed by atoms with Gasteiger partial charge in [-0.25, -0.2) is 8.42 Å². The fourth-order valence-corrected chi connectivity index (χ4v) is 4.26. The van der Waals surface area contributed by atoms with Crippen LogP contribution in [-0.4, -0.2) is 43.8 Å². The van der Waals surface area contributed by atoms with Crippen LogP contribution in [0.15, 0.2) is 0 Å². The Morgan fingerprint density at radius 1 is 1.26 bits per heavy atom. The summed E-state index contributed by atoms with van der Waals surface area (Å²) in [6.45, 7) is 4.94. The van der Waals surface area contributed by atoms with Gasteiger partial charge in [0.2, 0.25) is 5.91 Å². The Balaban J connectivity index is 2.36. The molecule has 0 spiro atoms. The monoisotopic (exact) mass is 289 g/mol. The molecule has 0 N–H and O–H groups in total. The van der Waals surface area contributed by atoms with Crippen LogP contribution in [-0.2, 0) is 14.6 Å². The Morgan fingerprint density at radius 3 is 2.37 bits per heavy atom. The van der Waals surface area contributed by atoms with E-state index in [1.54, 1.807) is 11.9 Å². The van der Waals surface area contributed by atoms with E-state index in [4.69, 9.17) is 0 Å². The number of nitrogens with zero attached hydrogens (tertiary/aromatic N) is 1. The van der Waals surface area contributed by atoms with Gasteiger partial charge in [0.05, 0.1) is 11.0 Å². The highest BCUT2D eigenvalue weighted by Crippen LogP contribution is 2.25. The molecule has 112 valence electrons. The molecule has 1 aliphatic carbocycles. The van der Waals surface area contributed by atoms with Gasteiger partial charge in [-0.2, -0.15) is 0 Å². The highest BCUT2D eigenvalue weighted by atomic mass is 32.2. The number of rotatable bonds is 7. The molecule has 0 heterocycles. The van der Waals surface area contributed by atoms with Crippen molar-refractivity contribution in [2.75, 3.05) is 19.3 Å². The molecule has 0 aliphatic heterocycles. The van der Waals surface area contributed by atoms with E-state index in [1.165, 1.54) is 0 Å². The second-order valence-electron chi connectivity index (χ2n) is 6.02. The minimum Gasteiger partial charge on any atom is -0.346 e. The van der Waals surface area contributed by atoms with E-state index in [2.05, 4.69) is 13.8 Å². The summed E-state index contributed by atoms with van der Waals surface area (Å²) in [4.78, 5) is 13.5. The Kier molecular flexibility index (Phi) is 6.30. The van der Waals surface area contributed by atoms with Gasteiger partial charge in [0, 0.05) is 20.0 Å². The first-order valence-corrected chi connectivity index (χ1v) is 9.00. The maximum Gasteiger partial charge on any atom is 0.223 e. The first kappa shape index (κ1) is 16.5. The number of amides is 1. The third-order valence-electron chi connectivity index (χ3n) is 3.88. The number of hydrogen-bond donors (Lipinski definition) is 0. The summed E-state index contributed by atoms with van der Waals surface area (Å²) in [7, 11) is -1.31. The first-order valence-electron chi connectivity index (χ1n) is 7.28. The van der Waals surface area contributed by atoms with Crippen LogP contribution in [0, 0.1) is 5.92 Å². The van der Waals surface area contributed by atoms with E-state index < -0.39 is 9.84 Å². The lowest BCUT2D eigenvalue weighted by molar-refractivity contribution is -0.129. The standard InChI is InChI=1S/C14H27NO3S/c1-12(2)8-10-15(3)14(16)9-11-19(17,18)13-6-4-5-7-13/h12-13H,4-11H2,1-3H3. The van der Waals surface area contributed by atoms with Gasteiger partial charge in [0.25, 0.3) is 0 Å². The highest BCUT2D eigenvalue weighted by molar-refractivity contribution is 7.92. The molecule has 0 radical (unpaired) electrons. The molecule has 1 fully saturated rings. The maximum absolute atomic E-state index is 12.1. The maximum atomic E-state index is 12.1. The van der Waals surface area contributed by atoms with Gasteiger partial charge in [0.1, 0.15) is 0 Å². The lowest BCUT2D eigenvalue weighted by atomic mass is 10.1. The molecule has 19 heavy (non-hydrogen) atoms. The average Bonchev–Trinajstić information content (AvgIpc) is 2.87. The van der Waals surface area contributed by atoms with Crippen molar-refractivity contribution in [2.45, 2.75) is 57.6 Å². The van der Waals surface area contributed by atoms with E-state index in [9.17, 15) is 13.2 Å². The number of carbonyl (C=O) groups excluding carboxylic acids is 1. The Morgan fingerprint density at radius 2 is 1.84 bits per heavy atom. The van der Waals surface area contributed by atoms with Crippen molar-refractivity contribution in [1.29, 1.82) is 0 Å². The third-order valence-corrected chi connectivity index (χ3v) is 6.14. The summed E-state index contributed by atoms with van der Waals surface area (Å²) in [5.41, 5.74) is 0. The normalized spacial score (nSPS) is 17.1. The van der Waals surface area contributed by atoms with Crippen LogP contribution in [0.2, 0.25) is 0 Å². The largest absolute Gasteiger partial charge is 0.346 e. The van der Waals surface area contributed by atoms with Crippen LogP contribution in [0.1, 0.15) is 52.4 Å². The zero-order valence-electron chi connectivity index (χ0n) is 12.4. The quantitative estimate of drug-likeness (QED) is 0.722. The zero-order chi connectivity index (χ0) is 14.5. The predicted molar refractivity (Wildman–Crippen MR) is 77.8 cm³/mol. The molecule has 0 saturated heterocycles. The molecule has 0 atom stereocenters. The second kappa shape index (κ2) is 7.27. The van der Waals surface area contributed by atoms with Crippen molar-refractivity contribution < 1.29 is 13.2 Å². The molecule has 1 amide bonds. The minimum atomic E-state index is -3.07. The number of sulfone groups is 1. The van der Waals surface area contributed by atoms with Crippen LogP contribution in [0.4, 0.5) is 0 Å². The molecule has 4 nitrogen and oxygen atoms in total. The molecular formula is C14H27NO3S. The Bertz CT molecular complexity index is 383. The predicted octanol–water partition coefficient (Wildman–Crippen LogP) is 2.24. The molecule has 0 aromatic carbocycles. The molecular weight excluding hydrogens is 262 g/mol. The van der Waals surface area contributed by atoms with Crippen LogP contribution in [0.25, 0.3) is 0 Å². The van der Waals surface area contributed by atoms with Gasteiger partial charge in [0.15, 0.2) is 9.84 Å². The lowest BCUT2D eigenvalue weighted by Crippen LogP contribution is -2.31. The Hall–Kier alpha value is -0.580. The smallest absolute Gasteiger partial charge is 0.223 e. The summed E-state index contributed by atoms with van der Waals surface area (Å²) in [5.74, 6) is 0.516. The molecule has 5 heteroatoms. The van der Waals surface area contributed by atoms with Gasteiger partial charge in [-0.3, -0.25) is 4.79 Å². The summed E-state index contributed by atoms with van der Waals surface area (Å²) in [6.07, 6.45) is 4.66. The van der Waals surface area contributed by atoms with E-state index in [0.717, 1.165) is 32.1 Å². The van der Waals surface area contributed by atoms with Crippen LogP contribution >= 0.6 is 0 Å². The number of carbonyl (C=O) groups is 1.